The molecule has 1 saturated heterocycles. The summed E-state index contributed by atoms with van der Waals surface area (Å²) in [7, 11) is 1.28. The largest absolute Gasteiger partial charge is 0.477 e. The Morgan fingerprint density at radius 1 is 1.44 bits per heavy atom. The SMILES string of the molecule is CO/N=C(\C(=O)N[C@@H]1C(=O)N2C(C(=O)O)=C(Cn3nc(C)[n+]4cccnc34)CS[C@H]12)c1csc(N)n1. The zero-order valence-electron chi connectivity index (χ0n) is 19.0. The van der Waals surface area contributed by atoms with Crippen LogP contribution in [0, 0.1) is 6.92 Å². The van der Waals surface area contributed by atoms with E-state index in [1.807, 2.05) is 13.1 Å². The third kappa shape index (κ3) is 3.93. The number of anilines is 1. The number of carboxylic acids is 1. The number of fused-ring (bicyclic) bond motifs is 2. The van der Waals surface area contributed by atoms with Gasteiger partial charge in [0.05, 0.1) is 12.4 Å². The summed E-state index contributed by atoms with van der Waals surface area (Å²) in [4.78, 5) is 52.5. The number of nitrogens with zero attached hydrogens (tertiary/aromatic N) is 7. The van der Waals surface area contributed by atoms with E-state index in [0.29, 0.717) is 22.9 Å². The maximum absolute atomic E-state index is 13.0. The van der Waals surface area contributed by atoms with Crippen LogP contribution in [0.4, 0.5) is 5.13 Å². The first-order valence-corrected chi connectivity index (χ1v) is 12.5. The molecule has 0 spiro atoms. The van der Waals surface area contributed by atoms with Gasteiger partial charge in [-0.25, -0.2) is 9.78 Å². The van der Waals surface area contributed by atoms with Crippen LogP contribution in [0.2, 0.25) is 0 Å². The average Bonchev–Trinajstić information content (AvgIpc) is 3.43. The summed E-state index contributed by atoms with van der Waals surface area (Å²) in [5, 5.41) is 22.0. The van der Waals surface area contributed by atoms with E-state index in [2.05, 4.69) is 25.5 Å². The van der Waals surface area contributed by atoms with Gasteiger partial charge in [0.25, 0.3) is 11.8 Å². The van der Waals surface area contributed by atoms with E-state index in [1.54, 1.807) is 26.7 Å². The molecular formula is C20H20N9O5S2+. The molecule has 186 valence electrons. The molecule has 1 fully saturated rings. The number of nitrogens with two attached hydrogens (primary N) is 1. The second kappa shape index (κ2) is 9.19. The first-order valence-electron chi connectivity index (χ1n) is 10.5. The van der Waals surface area contributed by atoms with Gasteiger partial charge in [-0.2, -0.15) is 4.40 Å². The second-order valence-corrected chi connectivity index (χ2v) is 9.80. The molecule has 0 radical (unpaired) electrons. The van der Waals surface area contributed by atoms with Crippen molar-refractivity contribution in [3.05, 3.63) is 46.6 Å². The number of nitrogens with one attached hydrogen (secondary N) is 1. The molecule has 2 atom stereocenters. The number of oxime groups is 1. The Labute approximate surface area is 211 Å². The maximum atomic E-state index is 13.0. The third-order valence-electron chi connectivity index (χ3n) is 5.61. The predicted octanol–water partition coefficient (Wildman–Crippen LogP) is -0.847. The van der Waals surface area contributed by atoms with Crippen molar-refractivity contribution < 1.29 is 28.7 Å². The molecule has 5 heterocycles. The van der Waals surface area contributed by atoms with Gasteiger partial charge in [-0.05, 0) is 11.2 Å². The van der Waals surface area contributed by atoms with Crippen molar-refractivity contribution in [3.8, 4) is 0 Å². The maximum Gasteiger partial charge on any atom is 0.386 e. The Morgan fingerprint density at radius 2 is 2.25 bits per heavy atom. The number of hydrogen-bond donors (Lipinski definition) is 3. The highest BCUT2D eigenvalue weighted by Crippen LogP contribution is 2.40. The zero-order chi connectivity index (χ0) is 25.6. The first kappa shape index (κ1) is 23.7. The van der Waals surface area contributed by atoms with Crippen molar-refractivity contribution in [2.75, 3.05) is 18.6 Å². The molecule has 2 aliphatic heterocycles. The Bertz CT molecular complexity index is 1460. The van der Waals surface area contributed by atoms with Crippen LogP contribution in [-0.2, 0) is 25.8 Å². The van der Waals surface area contributed by atoms with E-state index in [9.17, 15) is 19.5 Å². The van der Waals surface area contributed by atoms with Gasteiger partial charge in [-0.3, -0.25) is 14.5 Å². The topological polar surface area (TPSA) is 182 Å². The zero-order valence-corrected chi connectivity index (χ0v) is 20.6. The minimum absolute atomic E-state index is 0.116. The first-order chi connectivity index (χ1) is 17.3. The number of carbonyl (C=O) groups is 3. The fourth-order valence-electron chi connectivity index (χ4n) is 4.07. The summed E-state index contributed by atoms with van der Waals surface area (Å²) in [6.07, 6.45) is 3.44. The molecule has 3 aromatic rings. The molecule has 14 nitrogen and oxygen atoms in total. The Morgan fingerprint density at radius 3 is 2.94 bits per heavy atom. The van der Waals surface area contributed by atoms with Crippen molar-refractivity contribution in [3.63, 3.8) is 0 Å². The lowest BCUT2D eigenvalue weighted by atomic mass is 10.0. The van der Waals surface area contributed by atoms with Gasteiger partial charge in [-0.15, -0.1) is 32.8 Å². The molecule has 0 unspecified atom stereocenters. The van der Waals surface area contributed by atoms with Crippen LogP contribution in [0.5, 0.6) is 0 Å². The molecule has 2 aliphatic rings. The summed E-state index contributed by atoms with van der Waals surface area (Å²) in [5.74, 6) is -0.904. The number of β-lactam (4-membered cyclic amide) rings is 1. The number of rotatable bonds is 7. The van der Waals surface area contributed by atoms with Gasteiger partial charge in [0.1, 0.15) is 36.5 Å². The number of thioether (sulfide) groups is 1. The molecule has 16 heteroatoms. The van der Waals surface area contributed by atoms with Crippen molar-refractivity contribution in [1.82, 2.24) is 30.0 Å². The number of carbonyl (C=O) groups excluding carboxylic acids is 2. The summed E-state index contributed by atoms with van der Waals surface area (Å²) in [5.41, 5.74) is 6.11. The smallest absolute Gasteiger partial charge is 0.386 e. The van der Waals surface area contributed by atoms with E-state index < -0.39 is 29.2 Å². The molecule has 3 aromatic heterocycles. The lowest BCUT2D eigenvalue weighted by molar-refractivity contribution is -0.523. The Hall–Kier alpha value is -4.05. The van der Waals surface area contributed by atoms with Gasteiger partial charge in [0.15, 0.2) is 10.8 Å². The molecule has 2 amide bonds. The summed E-state index contributed by atoms with van der Waals surface area (Å²) < 4.78 is 3.39. The molecular weight excluding hydrogens is 510 g/mol. The predicted molar refractivity (Wildman–Crippen MR) is 128 cm³/mol. The van der Waals surface area contributed by atoms with Gasteiger partial charge < -0.3 is 21.0 Å². The molecule has 5 rings (SSSR count). The highest BCUT2D eigenvalue weighted by Gasteiger charge is 2.54. The van der Waals surface area contributed by atoms with Gasteiger partial charge in [-0.1, -0.05) is 5.16 Å². The van der Waals surface area contributed by atoms with Crippen molar-refractivity contribution in [2.45, 2.75) is 24.9 Å². The van der Waals surface area contributed by atoms with Crippen LogP contribution in [0.15, 0.2) is 40.3 Å². The van der Waals surface area contributed by atoms with E-state index in [4.69, 9.17) is 10.6 Å². The molecule has 4 N–H and O–H groups in total. The van der Waals surface area contributed by atoms with E-state index in [0.717, 1.165) is 11.3 Å². The van der Waals surface area contributed by atoms with E-state index in [-0.39, 0.29) is 28.8 Å². The minimum Gasteiger partial charge on any atom is -0.477 e. The van der Waals surface area contributed by atoms with Crippen molar-refractivity contribution in [1.29, 1.82) is 0 Å². The number of thiazole rings is 1. The lowest BCUT2D eigenvalue weighted by Crippen LogP contribution is -2.71. The number of carboxylic acid groups (broad SMARTS) is 1. The Balaban J connectivity index is 1.38. The quantitative estimate of drug-likeness (QED) is 0.151. The Kier molecular flexibility index (Phi) is 6.05. The average molecular weight is 531 g/mol. The fraction of sp³-hybridized carbons (Fsp3) is 0.300. The van der Waals surface area contributed by atoms with Crippen LogP contribution in [-0.4, -0.2) is 77.5 Å². The molecule has 0 saturated carbocycles. The fourth-order valence-corrected chi connectivity index (χ4v) is 5.95. The third-order valence-corrected chi connectivity index (χ3v) is 7.62. The summed E-state index contributed by atoms with van der Waals surface area (Å²) >= 11 is 2.48. The molecule has 36 heavy (non-hydrogen) atoms. The standard InChI is InChI=1S/C20H19N9O5S2/c1-9-25-28(20-22-4-3-5-27(9)20)6-10-7-35-17-13(16(31)29(17)14(10)18(32)33)24-15(30)12(26-34-2)11-8-36-19(21)23-11/h3-5,8,13,17H,6-7H2,1-2H3,(H3-,21,23,24,30,32,33)/p+1/b26-12-/t13-,17-/m1/s1. The highest BCUT2D eigenvalue weighted by atomic mass is 32.2. The second-order valence-electron chi connectivity index (χ2n) is 7.81. The number of aliphatic carboxylic acids is 1. The normalized spacial score (nSPS) is 19.8. The summed E-state index contributed by atoms with van der Waals surface area (Å²) in [6, 6.07) is 0.829. The van der Waals surface area contributed by atoms with Crippen molar-refractivity contribution in [2.24, 2.45) is 5.16 Å². The number of aryl methyl sites for hydroxylation is 1. The minimum atomic E-state index is -1.23. The van der Waals surface area contributed by atoms with Gasteiger partial charge in [0.2, 0.25) is 5.82 Å². The number of aromatic nitrogens is 5. The monoisotopic (exact) mass is 530 g/mol. The van der Waals surface area contributed by atoms with Crippen LogP contribution < -0.4 is 15.5 Å². The molecule has 0 bridgehead atoms. The molecule has 0 aromatic carbocycles. The van der Waals surface area contributed by atoms with Crippen LogP contribution in [0.3, 0.4) is 0 Å². The van der Waals surface area contributed by atoms with Crippen LogP contribution in [0.25, 0.3) is 5.78 Å². The molecule has 0 aliphatic carbocycles. The van der Waals surface area contributed by atoms with Gasteiger partial charge >= 0.3 is 11.7 Å². The van der Waals surface area contributed by atoms with Crippen molar-refractivity contribution >= 4 is 57.5 Å². The number of nitrogen functional groups attached to an aromatic ring is 1. The summed E-state index contributed by atoms with van der Waals surface area (Å²) in [6.45, 7) is 1.96. The highest BCUT2D eigenvalue weighted by molar-refractivity contribution is 8.00. The van der Waals surface area contributed by atoms with E-state index >= 15 is 0 Å². The van der Waals surface area contributed by atoms with Crippen LogP contribution >= 0.6 is 23.1 Å². The number of hydrogen-bond acceptors (Lipinski definition) is 11. The van der Waals surface area contributed by atoms with Gasteiger partial charge in [0, 0.05) is 23.6 Å². The number of amides is 2. The van der Waals surface area contributed by atoms with E-state index in [1.165, 1.54) is 23.8 Å². The van der Waals surface area contributed by atoms with Crippen LogP contribution in [0.1, 0.15) is 11.5 Å². The lowest BCUT2D eigenvalue weighted by Gasteiger charge is -2.49.